The summed E-state index contributed by atoms with van der Waals surface area (Å²) in [6, 6.07) is 0. The van der Waals surface area contributed by atoms with E-state index in [1.807, 2.05) is 0 Å². The lowest BCUT2D eigenvalue weighted by Crippen LogP contribution is -2.14. The molecule has 0 aliphatic rings. The highest BCUT2D eigenvalue weighted by Gasteiger charge is 2.03. The highest BCUT2D eigenvalue weighted by molar-refractivity contribution is 5.79. The van der Waals surface area contributed by atoms with Crippen molar-refractivity contribution in [3.05, 3.63) is 0 Å². The average Bonchev–Trinajstić information content (AvgIpc) is 2.42. The topological polar surface area (TPSA) is 61.8 Å². The lowest BCUT2D eigenvalue weighted by molar-refractivity contribution is -0.135. The van der Waals surface area contributed by atoms with E-state index in [4.69, 9.17) is 14.2 Å². The molecule has 112 valence electrons. The van der Waals surface area contributed by atoms with Gasteiger partial charge in [-0.25, -0.2) is 0 Å². The van der Waals surface area contributed by atoms with Crippen LogP contribution in [0.2, 0.25) is 0 Å². The number of carbonyl (C=O) groups is 2. The Labute approximate surface area is 115 Å². The van der Waals surface area contributed by atoms with Crippen LogP contribution in [0.25, 0.3) is 0 Å². The van der Waals surface area contributed by atoms with Gasteiger partial charge >= 0.3 is 0 Å². The number of unbranched alkanes of at least 4 members (excludes halogenated alkanes) is 1. The van der Waals surface area contributed by atoms with Gasteiger partial charge in [0.25, 0.3) is 0 Å². The van der Waals surface area contributed by atoms with Crippen molar-refractivity contribution in [3.8, 4) is 0 Å². The van der Waals surface area contributed by atoms with Gasteiger partial charge in [-0.3, -0.25) is 9.59 Å². The summed E-state index contributed by atoms with van der Waals surface area (Å²) in [4.78, 5) is 22.3. The van der Waals surface area contributed by atoms with Crippen molar-refractivity contribution >= 4 is 11.6 Å². The molecule has 19 heavy (non-hydrogen) atoms. The molecule has 0 rings (SSSR count). The third-order valence-electron chi connectivity index (χ3n) is 2.47. The Hall–Kier alpha value is -0.780. The Balaban J connectivity index is 3.23. The zero-order valence-electron chi connectivity index (χ0n) is 12.1. The third kappa shape index (κ3) is 13.5. The number of rotatable bonds is 14. The highest BCUT2D eigenvalue weighted by Crippen LogP contribution is 1.95. The third-order valence-corrected chi connectivity index (χ3v) is 2.47. The highest BCUT2D eigenvalue weighted by atomic mass is 16.7. The minimum atomic E-state index is -0.00944. The summed E-state index contributed by atoms with van der Waals surface area (Å²) in [5, 5.41) is 0. The van der Waals surface area contributed by atoms with Crippen LogP contribution in [0.4, 0.5) is 0 Å². The number of Topliss-reactive ketones (excluding diaryl/α,β-unsaturated/α-hetero) is 2. The van der Waals surface area contributed by atoms with Gasteiger partial charge in [0.2, 0.25) is 0 Å². The van der Waals surface area contributed by atoms with Gasteiger partial charge in [0, 0.05) is 26.1 Å². The number of hydrogen-bond acceptors (Lipinski definition) is 5. The minimum absolute atomic E-state index is 0.00944. The van der Waals surface area contributed by atoms with Gasteiger partial charge in [-0.05, 0) is 12.8 Å². The van der Waals surface area contributed by atoms with E-state index in [2.05, 4.69) is 6.92 Å². The molecule has 0 fully saturated rings. The SMILES string of the molecule is CCCCOCCCC(=O)COCOCC(=O)CC. The standard InChI is InChI=1S/C14H26O5/c1-3-5-8-17-9-6-7-14(16)11-19-12-18-10-13(15)4-2/h3-12H2,1-2H3. The van der Waals surface area contributed by atoms with Gasteiger partial charge in [0.15, 0.2) is 11.6 Å². The normalized spacial score (nSPS) is 10.6. The fraction of sp³-hybridized carbons (Fsp3) is 0.857. The van der Waals surface area contributed by atoms with Crippen LogP contribution in [0, 0.1) is 0 Å². The first kappa shape index (κ1) is 18.2. The maximum atomic E-state index is 11.4. The molecule has 0 N–H and O–H groups in total. The second-order valence-electron chi connectivity index (χ2n) is 4.32. The summed E-state index contributed by atoms with van der Waals surface area (Å²) in [6.07, 6.45) is 3.82. The first-order chi connectivity index (χ1) is 9.20. The molecular formula is C14H26O5. The molecule has 0 aromatic carbocycles. The van der Waals surface area contributed by atoms with Crippen LogP contribution in [-0.4, -0.2) is 44.8 Å². The van der Waals surface area contributed by atoms with Crippen molar-refractivity contribution in [2.75, 3.05) is 33.2 Å². The maximum absolute atomic E-state index is 11.4. The molecule has 0 unspecified atom stereocenters. The molecule has 0 aliphatic carbocycles. The monoisotopic (exact) mass is 274 g/mol. The Kier molecular flexibility index (Phi) is 13.1. The van der Waals surface area contributed by atoms with Crippen molar-refractivity contribution in [1.29, 1.82) is 0 Å². The summed E-state index contributed by atoms with van der Waals surface area (Å²) in [5.41, 5.74) is 0. The number of carbonyl (C=O) groups excluding carboxylic acids is 2. The first-order valence-electron chi connectivity index (χ1n) is 6.97. The van der Waals surface area contributed by atoms with Crippen LogP contribution in [-0.2, 0) is 23.8 Å². The smallest absolute Gasteiger partial charge is 0.158 e. The van der Waals surface area contributed by atoms with Crippen molar-refractivity contribution in [3.63, 3.8) is 0 Å². The summed E-state index contributed by atoms with van der Waals surface area (Å²) < 4.78 is 15.3. The van der Waals surface area contributed by atoms with Crippen LogP contribution in [0.3, 0.4) is 0 Å². The van der Waals surface area contributed by atoms with Gasteiger partial charge in [-0.2, -0.15) is 0 Å². The maximum Gasteiger partial charge on any atom is 0.158 e. The van der Waals surface area contributed by atoms with E-state index in [1.165, 1.54) is 0 Å². The zero-order valence-corrected chi connectivity index (χ0v) is 12.1. The molecule has 0 aliphatic heterocycles. The molecule has 0 bridgehead atoms. The summed E-state index contributed by atoms with van der Waals surface area (Å²) in [7, 11) is 0. The lowest BCUT2D eigenvalue weighted by atomic mass is 10.2. The molecule has 0 saturated heterocycles. The largest absolute Gasteiger partial charge is 0.381 e. The molecule has 0 saturated carbocycles. The lowest BCUT2D eigenvalue weighted by Gasteiger charge is -2.05. The van der Waals surface area contributed by atoms with Crippen molar-refractivity contribution in [2.45, 2.75) is 46.0 Å². The molecule has 0 aromatic heterocycles. The van der Waals surface area contributed by atoms with Crippen LogP contribution in [0.5, 0.6) is 0 Å². The van der Waals surface area contributed by atoms with Crippen molar-refractivity contribution < 1.29 is 23.8 Å². The zero-order chi connectivity index (χ0) is 14.3. The van der Waals surface area contributed by atoms with Crippen LogP contribution in [0.1, 0.15) is 46.0 Å². The van der Waals surface area contributed by atoms with Crippen molar-refractivity contribution in [2.24, 2.45) is 0 Å². The van der Waals surface area contributed by atoms with E-state index in [-0.39, 0.29) is 31.6 Å². The molecule has 0 spiro atoms. The van der Waals surface area contributed by atoms with E-state index in [9.17, 15) is 9.59 Å². The molecule has 5 nitrogen and oxygen atoms in total. The predicted molar refractivity (Wildman–Crippen MR) is 72.0 cm³/mol. The van der Waals surface area contributed by atoms with Gasteiger partial charge in [-0.15, -0.1) is 0 Å². The Morgan fingerprint density at radius 1 is 0.842 bits per heavy atom. The molecule has 5 heteroatoms. The Morgan fingerprint density at radius 2 is 1.47 bits per heavy atom. The van der Waals surface area contributed by atoms with Crippen LogP contribution < -0.4 is 0 Å². The molecule has 0 amide bonds. The second-order valence-corrected chi connectivity index (χ2v) is 4.32. The Morgan fingerprint density at radius 3 is 2.11 bits per heavy atom. The van der Waals surface area contributed by atoms with E-state index in [1.54, 1.807) is 6.92 Å². The molecular weight excluding hydrogens is 248 g/mol. The molecule has 0 radical (unpaired) electrons. The summed E-state index contributed by atoms with van der Waals surface area (Å²) in [6.45, 7) is 5.35. The van der Waals surface area contributed by atoms with E-state index in [0.717, 1.165) is 25.9 Å². The van der Waals surface area contributed by atoms with Crippen LogP contribution >= 0.6 is 0 Å². The van der Waals surface area contributed by atoms with E-state index >= 15 is 0 Å². The molecule has 0 aromatic rings. The quantitative estimate of drug-likeness (QED) is 0.359. The average molecular weight is 274 g/mol. The van der Waals surface area contributed by atoms with E-state index < -0.39 is 0 Å². The summed E-state index contributed by atoms with van der Waals surface area (Å²) in [5.74, 6) is 0.0589. The van der Waals surface area contributed by atoms with Gasteiger partial charge in [0.1, 0.15) is 20.0 Å². The summed E-state index contributed by atoms with van der Waals surface area (Å²) >= 11 is 0. The van der Waals surface area contributed by atoms with Crippen molar-refractivity contribution in [1.82, 2.24) is 0 Å². The molecule has 0 atom stereocenters. The predicted octanol–water partition coefficient (Wildman–Crippen LogP) is 2.12. The number of ketones is 2. The van der Waals surface area contributed by atoms with E-state index in [0.29, 0.717) is 19.4 Å². The molecule has 0 heterocycles. The number of hydrogen-bond donors (Lipinski definition) is 0. The van der Waals surface area contributed by atoms with Gasteiger partial charge < -0.3 is 14.2 Å². The fourth-order valence-electron chi connectivity index (χ4n) is 1.26. The Bertz CT molecular complexity index is 240. The first-order valence-corrected chi connectivity index (χ1v) is 6.97. The second kappa shape index (κ2) is 13.6. The number of ether oxygens (including phenoxy) is 3. The van der Waals surface area contributed by atoms with Crippen LogP contribution in [0.15, 0.2) is 0 Å². The minimum Gasteiger partial charge on any atom is -0.381 e. The fourth-order valence-corrected chi connectivity index (χ4v) is 1.26. The van der Waals surface area contributed by atoms with Gasteiger partial charge in [-0.1, -0.05) is 20.3 Å². The van der Waals surface area contributed by atoms with Gasteiger partial charge in [0.05, 0.1) is 0 Å².